The zero-order valence-electron chi connectivity index (χ0n) is 29.4. The van der Waals surface area contributed by atoms with Gasteiger partial charge in [0.1, 0.15) is 31.8 Å². The summed E-state index contributed by atoms with van der Waals surface area (Å²) in [4.78, 5) is 0. The maximum Gasteiger partial charge on any atom is 0.102 e. The van der Waals surface area contributed by atoms with Crippen molar-refractivity contribution in [1.29, 1.82) is 0 Å². The van der Waals surface area contributed by atoms with Crippen LogP contribution in [0.15, 0.2) is 194 Å². The van der Waals surface area contributed by atoms with Crippen molar-refractivity contribution < 1.29 is 44.5 Å². The van der Waals surface area contributed by atoms with Gasteiger partial charge in [-0.1, -0.05) is 127 Å². The number of halogens is 7. The molecule has 0 nitrogen and oxygen atoms in total. The molecule has 0 N–H and O–H groups in total. The molecule has 0 atom stereocenters. The van der Waals surface area contributed by atoms with E-state index in [9.17, 15) is 26.3 Å². The van der Waals surface area contributed by atoms with Crippen LogP contribution in [0.4, 0.5) is 26.3 Å². The Bertz CT molecular complexity index is 1770. The van der Waals surface area contributed by atoms with Crippen molar-refractivity contribution in [2.45, 2.75) is 19.3 Å². The standard InChI is InChI=1S/2C18H15P.C9H5F6.ClH.Pd/c2*1-4-10-16(11-5-1)19(17-12-6-2-7-13-17)18-14-8-3-9-15-18;1-5-2-6(8(10,11)12)4-7(3-5)9(13,14)15;;/h2*1-15H;2-3H,1H3;1H;/q;;-1;;+2/p+1. The molecule has 0 aromatic heterocycles. The molecule has 284 valence electrons. The first-order valence-corrected chi connectivity index (χ1v) is 21.9. The van der Waals surface area contributed by atoms with Crippen molar-refractivity contribution >= 4 is 57.2 Å². The Labute approximate surface area is 336 Å². The van der Waals surface area contributed by atoms with Gasteiger partial charge < -0.3 is 0 Å². The van der Waals surface area contributed by atoms with Crippen molar-refractivity contribution in [3.05, 3.63) is 217 Å². The van der Waals surface area contributed by atoms with Crippen LogP contribution in [0.25, 0.3) is 0 Å². The number of hydrogen-bond acceptors (Lipinski definition) is 0. The predicted octanol–water partition coefficient (Wildman–Crippen LogP) is 10.9. The number of alkyl halides is 6. The molecule has 0 saturated carbocycles. The maximum absolute atomic E-state index is 12.1. The summed E-state index contributed by atoms with van der Waals surface area (Å²) in [6.07, 6.45) is -9.63. The van der Waals surface area contributed by atoms with Crippen LogP contribution in [-0.4, -0.2) is 0 Å². The number of rotatable bonds is 6. The zero-order chi connectivity index (χ0) is 39.7. The zero-order valence-corrected chi connectivity index (χ0v) is 33.7. The van der Waals surface area contributed by atoms with Gasteiger partial charge in [-0.3, -0.25) is 0 Å². The molecule has 10 heteroatoms. The van der Waals surface area contributed by atoms with E-state index < -0.39 is 39.3 Å². The van der Waals surface area contributed by atoms with E-state index in [1.165, 1.54) is 44.8 Å². The van der Waals surface area contributed by atoms with E-state index in [0.29, 0.717) is 12.1 Å². The molecule has 0 aliphatic rings. The van der Waals surface area contributed by atoms with Gasteiger partial charge in [-0.05, 0) is 72.8 Å². The average molecular weight is 896 g/mol. The summed E-state index contributed by atoms with van der Waals surface area (Å²) in [6, 6.07) is 67.6. The Morgan fingerprint density at radius 2 is 0.564 bits per heavy atom. The second-order valence-corrected chi connectivity index (χ2v) is 16.9. The molecule has 0 saturated heterocycles. The third-order valence-corrected chi connectivity index (χ3v) is 13.5. The average Bonchev–Trinajstić information content (AvgIpc) is 3.21. The number of hydrogen-bond donors (Lipinski definition) is 0. The quantitative estimate of drug-likeness (QED) is 0.0675. The summed E-state index contributed by atoms with van der Waals surface area (Å²) < 4.78 is 72.8. The van der Waals surface area contributed by atoms with Gasteiger partial charge in [-0.25, -0.2) is 0 Å². The summed E-state index contributed by atoms with van der Waals surface area (Å²) >= 11 is 2.22. The van der Waals surface area contributed by atoms with Crippen LogP contribution in [0.2, 0.25) is 0 Å². The second-order valence-electron chi connectivity index (χ2n) is 11.9. The minimum absolute atomic E-state index is 0.103. The largest absolute Gasteiger partial charge is 0.102 e. The van der Waals surface area contributed by atoms with Gasteiger partial charge in [0.25, 0.3) is 0 Å². The van der Waals surface area contributed by atoms with Gasteiger partial charge in [-0.2, -0.15) is 50.1 Å². The van der Waals surface area contributed by atoms with Crippen LogP contribution < -0.4 is 31.8 Å². The fraction of sp³-hybridized carbons (Fsp3) is 0.0667. The van der Waals surface area contributed by atoms with E-state index in [1.807, 2.05) is 0 Å². The molecule has 7 aromatic carbocycles. The first-order chi connectivity index (χ1) is 26.5. The summed E-state index contributed by atoms with van der Waals surface area (Å²) in [6.45, 7) is 1.16. The maximum atomic E-state index is 12.1. The fourth-order valence-electron chi connectivity index (χ4n) is 5.65. The van der Waals surface area contributed by atoms with Gasteiger partial charge in [0.15, 0.2) is 0 Å². The van der Waals surface area contributed by atoms with Gasteiger partial charge in [0.2, 0.25) is 0 Å². The minimum atomic E-state index is -4.81. The number of aryl methyl sites for hydroxylation is 1. The van der Waals surface area contributed by atoms with E-state index in [1.54, 1.807) is 0 Å². The second kappa shape index (κ2) is 21.9. The van der Waals surface area contributed by atoms with Crippen molar-refractivity contribution in [1.82, 2.24) is 0 Å². The molecule has 0 spiro atoms. The molecule has 0 radical (unpaired) electrons. The predicted molar refractivity (Wildman–Crippen MR) is 219 cm³/mol. The first-order valence-electron chi connectivity index (χ1n) is 16.9. The summed E-state index contributed by atoms with van der Waals surface area (Å²) in [5, 5.41) is 8.61. The smallest absolute Gasteiger partial charge is 0.0620 e. The van der Waals surface area contributed by atoms with E-state index in [0.717, 1.165) is 0 Å². The molecule has 0 amide bonds. The van der Waals surface area contributed by atoms with E-state index in [2.05, 4.69) is 210 Å². The number of benzene rings is 7. The molecular formula is C45H37ClF6P2Pd+2. The molecule has 0 fully saturated rings. The summed E-state index contributed by atoms with van der Waals surface area (Å²) in [5.41, 5.74) is -2.92. The molecular weight excluding hydrogens is 858 g/mol. The Morgan fingerprint density at radius 1 is 0.382 bits per heavy atom. The molecule has 0 aliphatic heterocycles. The van der Waals surface area contributed by atoms with Crippen LogP contribution >= 0.6 is 25.4 Å². The molecule has 7 aromatic rings. The third kappa shape index (κ3) is 13.6. The van der Waals surface area contributed by atoms with Gasteiger partial charge in [-0.15, -0.1) is 0 Å². The van der Waals surface area contributed by atoms with E-state index in [-0.39, 0.29) is 5.56 Å². The molecule has 7 rings (SSSR count). The van der Waals surface area contributed by atoms with Crippen LogP contribution in [0.1, 0.15) is 16.7 Å². The molecule has 0 heterocycles. The van der Waals surface area contributed by atoms with Crippen LogP contribution in [0.5, 0.6) is 0 Å². The SMILES string of the molecule is Cc1cc(C(F)(F)F)[c-]c(C(F)(F)F)c1.[Cl][Pd+].c1ccc([PH+](c2ccccc2)c2ccccc2)cc1.c1ccc([PH+](c2ccccc2)c2ccccc2)cc1. The fourth-order valence-corrected chi connectivity index (χ4v) is 10.8. The third-order valence-electron chi connectivity index (χ3n) is 8.00. The summed E-state index contributed by atoms with van der Waals surface area (Å²) in [7, 11) is 2.73. The Hall–Kier alpha value is -4.07. The Kier molecular flexibility index (Phi) is 17.4. The molecule has 55 heavy (non-hydrogen) atoms. The van der Waals surface area contributed by atoms with Crippen LogP contribution in [0.3, 0.4) is 0 Å². The van der Waals surface area contributed by atoms with Gasteiger partial charge in [0, 0.05) is 0 Å². The Morgan fingerprint density at radius 3 is 0.727 bits per heavy atom. The van der Waals surface area contributed by atoms with Gasteiger partial charge in [0.05, 0.1) is 15.8 Å². The normalized spacial score (nSPS) is 11.0. The van der Waals surface area contributed by atoms with Crippen molar-refractivity contribution in [3.8, 4) is 0 Å². The van der Waals surface area contributed by atoms with E-state index in [4.69, 9.17) is 0 Å². The summed E-state index contributed by atoms with van der Waals surface area (Å²) in [5.74, 6) is 0. The topological polar surface area (TPSA) is 0 Å². The first kappa shape index (κ1) is 43.7. The monoisotopic (exact) mass is 894 g/mol. The molecule has 0 aliphatic carbocycles. The Balaban J connectivity index is 0.000000181. The van der Waals surface area contributed by atoms with Gasteiger partial charge >= 0.3 is 40.1 Å². The van der Waals surface area contributed by atoms with E-state index >= 15 is 0 Å². The molecule has 0 bridgehead atoms. The van der Waals surface area contributed by atoms with Crippen molar-refractivity contribution in [3.63, 3.8) is 0 Å². The molecule has 0 unspecified atom stereocenters. The van der Waals surface area contributed by atoms with Crippen LogP contribution in [-0.2, 0) is 30.5 Å². The van der Waals surface area contributed by atoms with Crippen molar-refractivity contribution in [2.75, 3.05) is 0 Å². The van der Waals surface area contributed by atoms with Crippen molar-refractivity contribution in [2.24, 2.45) is 0 Å². The minimum Gasteiger partial charge on any atom is -0.0620 e. The van der Waals surface area contributed by atoms with Crippen LogP contribution in [0, 0.1) is 13.0 Å².